The van der Waals surface area contributed by atoms with E-state index in [9.17, 15) is 23.3 Å². The lowest BCUT2D eigenvalue weighted by Gasteiger charge is -2.09. The second-order valence-electron chi connectivity index (χ2n) is 4.14. The predicted molar refractivity (Wildman–Crippen MR) is 71.7 cm³/mol. The van der Waals surface area contributed by atoms with E-state index < -0.39 is 22.4 Å². The first-order chi connectivity index (χ1) is 9.88. The molecule has 0 saturated carbocycles. The molecule has 0 fully saturated rings. The van der Waals surface area contributed by atoms with E-state index in [4.69, 9.17) is 11.6 Å². The van der Waals surface area contributed by atoms with Gasteiger partial charge in [-0.1, -0.05) is 11.6 Å². The van der Waals surface area contributed by atoms with E-state index >= 15 is 0 Å². The minimum atomic E-state index is -1.56. The summed E-state index contributed by atoms with van der Waals surface area (Å²) in [7, 11) is 0. The monoisotopic (exact) mass is 316 g/mol. The molecule has 2 aromatic carbocycles. The Morgan fingerprint density at radius 3 is 2.33 bits per heavy atom. The van der Waals surface area contributed by atoms with Crippen LogP contribution in [-0.4, -0.2) is 4.92 Å². The summed E-state index contributed by atoms with van der Waals surface area (Å²) in [5, 5.41) is 13.6. The van der Waals surface area contributed by atoms with Gasteiger partial charge in [-0.2, -0.15) is 0 Å². The third kappa shape index (κ3) is 3.43. The van der Waals surface area contributed by atoms with Crippen LogP contribution < -0.4 is 5.32 Å². The zero-order valence-corrected chi connectivity index (χ0v) is 11.1. The summed E-state index contributed by atoms with van der Waals surface area (Å²) in [6.07, 6.45) is 0. The molecule has 0 aromatic heterocycles. The normalized spacial score (nSPS) is 10.5. The van der Waals surface area contributed by atoms with Crippen molar-refractivity contribution in [3.05, 3.63) is 68.5 Å². The molecule has 0 unspecified atom stereocenters. The highest BCUT2D eigenvalue weighted by Crippen LogP contribution is 2.24. The first-order valence-electron chi connectivity index (χ1n) is 5.69. The van der Waals surface area contributed by atoms with Crippen molar-refractivity contribution in [2.45, 2.75) is 6.54 Å². The van der Waals surface area contributed by atoms with Gasteiger partial charge < -0.3 is 5.32 Å². The van der Waals surface area contributed by atoms with Crippen molar-refractivity contribution < 1.29 is 18.1 Å². The Balaban J connectivity index is 2.20. The average molecular weight is 317 g/mol. The standard InChI is InChI=1S/C13H8ClF3N2O2/c14-10-2-1-9(19(20)21)3-7(10)6-18-8-4-11(15)13(17)12(16)5-8/h1-5,18H,6H2. The summed E-state index contributed by atoms with van der Waals surface area (Å²) in [6.45, 7) is -0.00890. The van der Waals surface area contributed by atoms with Gasteiger partial charge in [0, 0.05) is 41.5 Å². The quantitative estimate of drug-likeness (QED) is 0.520. The molecule has 1 N–H and O–H groups in total. The summed E-state index contributed by atoms with van der Waals surface area (Å²) >= 11 is 5.88. The smallest absolute Gasteiger partial charge is 0.269 e. The number of anilines is 1. The molecule has 0 aliphatic rings. The molecule has 8 heteroatoms. The van der Waals surface area contributed by atoms with Gasteiger partial charge in [0.2, 0.25) is 0 Å². The van der Waals surface area contributed by atoms with Crippen LogP contribution in [0, 0.1) is 27.6 Å². The molecular weight excluding hydrogens is 309 g/mol. The van der Waals surface area contributed by atoms with Crippen molar-refractivity contribution in [1.82, 2.24) is 0 Å². The minimum Gasteiger partial charge on any atom is -0.381 e. The Hall–Kier alpha value is -2.28. The van der Waals surface area contributed by atoms with Crippen molar-refractivity contribution in [3.63, 3.8) is 0 Å². The molecule has 0 spiro atoms. The fourth-order valence-corrected chi connectivity index (χ4v) is 1.85. The zero-order chi connectivity index (χ0) is 15.6. The topological polar surface area (TPSA) is 55.2 Å². The van der Waals surface area contributed by atoms with E-state index in [1.165, 1.54) is 18.2 Å². The summed E-state index contributed by atoms with van der Waals surface area (Å²) in [4.78, 5) is 10.1. The van der Waals surface area contributed by atoms with Crippen molar-refractivity contribution in [3.8, 4) is 0 Å². The van der Waals surface area contributed by atoms with Crippen LogP contribution >= 0.6 is 11.6 Å². The van der Waals surface area contributed by atoms with Crippen LogP contribution in [-0.2, 0) is 6.54 Å². The van der Waals surface area contributed by atoms with Crippen LogP contribution in [0.25, 0.3) is 0 Å². The summed E-state index contributed by atoms with van der Waals surface area (Å²) in [5.74, 6) is -4.22. The van der Waals surface area contributed by atoms with E-state index in [0.717, 1.165) is 12.1 Å². The summed E-state index contributed by atoms with van der Waals surface area (Å²) < 4.78 is 38.9. The SMILES string of the molecule is O=[N+]([O-])c1ccc(Cl)c(CNc2cc(F)c(F)c(F)c2)c1. The number of benzene rings is 2. The third-order valence-corrected chi connectivity index (χ3v) is 3.08. The Kier molecular flexibility index (Phi) is 4.32. The highest BCUT2D eigenvalue weighted by molar-refractivity contribution is 6.31. The number of nitrogens with zero attached hydrogens (tertiary/aromatic N) is 1. The molecule has 21 heavy (non-hydrogen) atoms. The van der Waals surface area contributed by atoms with E-state index in [0.29, 0.717) is 5.56 Å². The summed E-state index contributed by atoms with van der Waals surface area (Å²) in [6, 6.07) is 5.39. The van der Waals surface area contributed by atoms with Gasteiger partial charge in [0.1, 0.15) is 0 Å². The number of hydrogen-bond acceptors (Lipinski definition) is 3. The largest absolute Gasteiger partial charge is 0.381 e. The Morgan fingerprint density at radius 1 is 1.14 bits per heavy atom. The van der Waals surface area contributed by atoms with Crippen LogP contribution in [0.15, 0.2) is 30.3 Å². The first-order valence-corrected chi connectivity index (χ1v) is 6.07. The number of non-ortho nitro benzene ring substituents is 1. The van der Waals surface area contributed by atoms with Gasteiger partial charge in [-0.05, 0) is 11.6 Å². The van der Waals surface area contributed by atoms with Gasteiger partial charge >= 0.3 is 0 Å². The van der Waals surface area contributed by atoms with Crippen LogP contribution in [0.4, 0.5) is 24.5 Å². The highest BCUT2D eigenvalue weighted by Gasteiger charge is 2.12. The van der Waals surface area contributed by atoms with Gasteiger partial charge in [-0.15, -0.1) is 0 Å². The van der Waals surface area contributed by atoms with E-state index in [1.807, 2.05) is 0 Å². The Morgan fingerprint density at radius 2 is 1.76 bits per heavy atom. The number of rotatable bonds is 4. The number of nitro groups is 1. The molecule has 0 aliphatic heterocycles. The molecule has 0 aliphatic carbocycles. The maximum Gasteiger partial charge on any atom is 0.269 e. The van der Waals surface area contributed by atoms with Crippen LogP contribution in [0.1, 0.15) is 5.56 Å². The molecule has 2 aromatic rings. The highest BCUT2D eigenvalue weighted by atomic mass is 35.5. The van der Waals surface area contributed by atoms with E-state index in [-0.39, 0.29) is 22.9 Å². The molecular formula is C13H8ClF3N2O2. The number of halogens is 4. The fourth-order valence-electron chi connectivity index (χ4n) is 1.67. The van der Waals surface area contributed by atoms with Crippen molar-refractivity contribution in [2.75, 3.05) is 5.32 Å². The van der Waals surface area contributed by atoms with Crippen LogP contribution in [0.2, 0.25) is 5.02 Å². The molecule has 0 radical (unpaired) electrons. The van der Waals surface area contributed by atoms with Gasteiger partial charge in [0.25, 0.3) is 5.69 Å². The summed E-state index contributed by atoms with van der Waals surface area (Å²) in [5.41, 5.74) is 0.206. The number of nitrogens with one attached hydrogen (secondary N) is 1. The van der Waals surface area contributed by atoms with Crippen molar-refractivity contribution >= 4 is 23.0 Å². The number of nitro benzene ring substituents is 1. The second kappa shape index (κ2) is 6.01. The van der Waals surface area contributed by atoms with Gasteiger partial charge in [-0.3, -0.25) is 10.1 Å². The molecule has 0 saturated heterocycles. The molecule has 0 amide bonds. The maximum atomic E-state index is 13.0. The molecule has 110 valence electrons. The fraction of sp³-hybridized carbons (Fsp3) is 0.0769. The van der Waals surface area contributed by atoms with Crippen molar-refractivity contribution in [2.24, 2.45) is 0 Å². The lowest BCUT2D eigenvalue weighted by Crippen LogP contribution is -2.03. The molecule has 0 heterocycles. The second-order valence-corrected chi connectivity index (χ2v) is 4.55. The van der Waals surface area contributed by atoms with Gasteiger partial charge in [-0.25, -0.2) is 13.2 Å². The van der Waals surface area contributed by atoms with Crippen LogP contribution in [0.5, 0.6) is 0 Å². The van der Waals surface area contributed by atoms with E-state index in [2.05, 4.69) is 5.32 Å². The van der Waals surface area contributed by atoms with Crippen LogP contribution in [0.3, 0.4) is 0 Å². The van der Waals surface area contributed by atoms with E-state index in [1.54, 1.807) is 0 Å². The molecule has 0 bridgehead atoms. The first kappa shape index (κ1) is 15.1. The maximum absolute atomic E-state index is 13.0. The minimum absolute atomic E-state index is 0.00558. The number of hydrogen-bond donors (Lipinski definition) is 1. The Bertz CT molecular complexity index is 687. The molecule has 0 atom stereocenters. The lowest BCUT2D eigenvalue weighted by molar-refractivity contribution is -0.384. The van der Waals surface area contributed by atoms with Gasteiger partial charge in [0.15, 0.2) is 17.5 Å². The molecule has 4 nitrogen and oxygen atoms in total. The van der Waals surface area contributed by atoms with Crippen molar-refractivity contribution in [1.29, 1.82) is 0 Å². The van der Waals surface area contributed by atoms with Gasteiger partial charge in [0.05, 0.1) is 4.92 Å². The lowest BCUT2D eigenvalue weighted by atomic mass is 10.2. The predicted octanol–water partition coefficient (Wildman–Crippen LogP) is 4.28. The molecule has 2 rings (SSSR count). The Labute approximate surface area is 122 Å². The third-order valence-electron chi connectivity index (χ3n) is 2.71. The average Bonchev–Trinajstić information content (AvgIpc) is 2.43. The zero-order valence-electron chi connectivity index (χ0n) is 10.4.